The van der Waals surface area contributed by atoms with E-state index in [2.05, 4.69) is 5.32 Å². The van der Waals surface area contributed by atoms with E-state index in [-0.39, 0.29) is 35.5 Å². The Kier molecular flexibility index (Phi) is 6.24. The molecule has 0 fully saturated rings. The number of nitrogens with one attached hydrogen (secondary N) is 1. The summed E-state index contributed by atoms with van der Waals surface area (Å²) in [4.78, 5) is 26.4. The van der Waals surface area contributed by atoms with Crippen LogP contribution in [-0.2, 0) is 27.8 Å². The van der Waals surface area contributed by atoms with Gasteiger partial charge in [-0.15, -0.1) is 0 Å². The molecule has 1 aliphatic heterocycles. The zero-order valence-electron chi connectivity index (χ0n) is 18.4. The maximum absolute atomic E-state index is 13.5. The number of carbonyl (C=O) groups excluding carboxylic acids is 2. The number of anilines is 1. The zero-order valence-corrected chi connectivity index (χ0v) is 19.2. The van der Waals surface area contributed by atoms with Gasteiger partial charge in [-0.25, -0.2) is 8.42 Å². The van der Waals surface area contributed by atoms with Crippen molar-refractivity contribution in [3.63, 3.8) is 0 Å². The number of hydrogen-bond acceptors (Lipinski definition) is 5. The molecule has 1 N–H and O–H groups in total. The summed E-state index contributed by atoms with van der Waals surface area (Å²) in [6, 6.07) is 16.6. The van der Waals surface area contributed by atoms with Gasteiger partial charge in [-0.1, -0.05) is 24.3 Å². The predicted molar refractivity (Wildman–Crippen MR) is 123 cm³/mol. The molecule has 8 nitrogen and oxygen atoms in total. The van der Waals surface area contributed by atoms with Crippen molar-refractivity contribution in [2.75, 3.05) is 17.9 Å². The molecule has 0 aliphatic carbocycles. The number of amides is 2. The number of sulfonamides is 1. The molecular formula is C24H25N3O5S. The number of nitrogens with zero attached hydrogens (tertiary/aromatic N) is 2. The number of carbonyl (C=O) groups is 2. The lowest BCUT2D eigenvalue weighted by molar-refractivity contribution is -0.121. The molecule has 0 radical (unpaired) electrons. The van der Waals surface area contributed by atoms with Crippen molar-refractivity contribution in [1.29, 1.82) is 0 Å². The summed E-state index contributed by atoms with van der Waals surface area (Å²) < 4.78 is 33.5. The zero-order chi connectivity index (χ0) is 23.6. The van der Waals surface area contributed by atoms with Gasteiger partial charge in [0.2, 0.25) is 5.91 Å². The van der Waals surface area contributed by atoms with Crippen molar-refractivity contribution in [1.82, 2.24) is 10.2 Å². The predicted octanol–water partition coefficient (Wildman–Crippen LogP) is 2.81. The number of rotatable bonds is 7. The smallest absolute Gasteiger partial charge is 0.264 e. The summed E-state index contributed by atoms with van der Waals surface area (Å²) in [6.45, 7) is 1.91. The second-order valence-electron chi connectivity index (χ2n) is 8.03. The molecule has 1 aromatic heterocycles. The minimum atomic E-state index is -3.87. The van der Waals surface area contributed by atoms with Crippen LogP contribution >= 0.6 is 0 Å². The summed E-state index contributed by atoms with van der Waals surface area (Å²) in [5.74, 6) is -0.198. The van der Waals surface area contributed by atoms with Crippen molar-refractivity contribution in [2.24, 2.45) is 0 Å². The van der Waals surface area contributed by atoms with Crippen molar-refractivity contribution in [3.8, 4) is 0 Å². The Morgan fingerprint density at radius 3 is 2.67 bits per heavy atom. The van der Waals surface area contributed by atoms with Crippen molar-refractivity contribution < 1.29 is 22.4 Å². The van der Waals surface area contributed by atoms with E-state index in [9.17, 15) is 18.0 Å². The number of fused-ring (bicyclic) bond motifs is 1. The van der Waals surface area contributed by atoms with Gasteiger partial charge >= 0.3 is 0 Å². The topological polar surface area (TPSA) is 99.9 Å². The molecule has 0 spiro atoms. The van der Waals surface area contributed by atoms with Crippen LogP contribution in [0.2, 0.25) is 0 Å². The fourth-order valence-electron chi connectivity index (χ4n) is 3.97. The van der Waals surface area contributed by atoms with E-state index < -0.39 is 15.9 Å². The first-order valence-corrected chi connectivity index (χ1v) is 12.0. The summed E-state index contributed by atoms with van der Waals surface area (Å²) in [7, 11) is -2.37. The molecule has 9 heteroatoms. The second kappa shape index (κ2) is 9.11. The van der Waals surface area contributed by atoms with Gasteiger partial charge in [0.1, 0.15) is 5.76 Å². The van der Waals surface area contributed by atoms with Gasteiger partial charge in [0.05, 0.1) is 29.9 Å². The van der Waals surface area contributed by atoms with Gasteiger partial charge in [-0.2, -0.15) is 0 Å². The average molecular weight is 468 g/mol. The first-order chi connectivity index (χ1) is 15.8. The summed E-state index contributed by atoms with van der Waals surface area (Å²) in [6.07, 6.45) is 2.14. The van der Waals surface area contributed by atoms with Gasteiger partial charge in [0, 0.05) is 18.7 Å². The maximum Gasteiger partial charge on any atom is 0.264 e. The minimum absolute atomic E-state index is 0.0348. The quantitative estimate of drug-likeness (QED) is 0.576. The second-order valence-corrected chi connectivity index (χ2v) is 9.84. The average Bonchev–Trinajstić information content (AvgIpc) is 3.44. The van der Waals surface area contributed by atoms with Crippen LogP contribution in [0.5, 0.6) is 0 Å². The Hall–Kier alpha value is -3.59. The molecule has 1 aliphatic rings. The van der Waals surface area contributed by atoms with Crippen LogP contribution in [0.25, 0.3) is 0 Å². The number of likely N-dealkylation sites (N-methyl/N-ethyl adjacent to an activating group) is 1. The van der Waals surface area contributed by atoms with E-state index in [0.717, 1.165) is 5.56 Å². The van der Waals surface area contributed by atoms with Crippen LogP contribution in [0.15, 0.2) is 76.2 Å². The molecule has 1 atom stereocenters. The van der Waals surface area contributed by atoms with E-state index in [0.29, 0.717) is 17.9 Å². The highest BCUT2D eigenvalue weighted by Gasteiger charge is 2.36. The molecule has 0 saturated heterocycles. The van der Waals surface area contributed by atoms with Crippen LogP contribution in [-0.4, -0.2) is 44.8 Å². The molecule has 0 unspecified atom stereocenters. The van der Waals surface area contributed by atoms with Crippen LogP contribution < -0.4 is 9.62 Å². The third-order valence-corrected chi connectivity index (χ3v) is 7.47. The molecule has 2 amide bonds. The maximum atomic E-state index is 13.5. The molecule has 3 aromatic rings. The molecular weight excluding hydrogens is 442 g/mol. The third-order valence-electron chi connectivity index (χ3n) is 5.55. The molecule has 2 aromatic carbocycles. The first-order valence-electron chi connectivity index (χ1n) is 10.5. The van der Waals surface area contributed by atoms with E-state index in [4.69, 9.17) is 4.42 Å². The lowest BCUT2D eigenvalue weighted by atomic mass is 10.1. The molecule has 0 bridgehead atoms. The van der Waals surface area contributed by atoms with Crippen LogP contribution in [0, 0.1) is 0 Å². The van der Waals surface area contributed by atoms with E-state index in [1.54, 1.807) is 24.3 Å². The van der Waals surface area contributed by atoms with Crippen LogP contribution in [0.1, 0.15) is 28.6 Å². The lowest BCUT2D eigenvalue weighted by Crippen LogP contribution is -2.38. The van der Waals surface area contributed by atoms with Gasteiger partial charge in [-0.3, -0.25) is 13.9 Å². The van der Waals surface area contributed by atoms with Crippen LogP contribution in [0.4, 0.5) is 5.69 Å². The Labute approximate surface area is 192 Å². The molecule has 2 heterocycles. The van der Waals surface area contributed by atoms with Crippen LogP contribution in [0.3, 0.4) is 0 Å². The van der Waals surface area contributed by atoms with E-state index >= 15 is 0 Å². The molecule has 0 saturated carbocycles. The first kappa shape index (κ1) is 22.6. The monoisotopic (exact) mass is 467 g/mol. The Bertz CT molecular complexity index is 1270. The van der Waals surface area contributed by atoms with Gasteiger partial charge in [0.15, 0.2) is 0 Å². The van der Waals surface area contributed by atoms with E-state index in [1.807, 2.05) is 25.1 Å². The SMILES string of the molecule is C[C@H]1Cc2ccccc2N1S(=O)(=O)c1cccc(C(=O)N(C)CC(=O)NCc2ccco2)c1. The number of para-hydroxylation sites is 1. The number of benzene rings is 2. The van der Waals surface area contributed by atoms with E-state index in [1.165, 1.54) is 40.7 Å². The highest BCUT2D eigenvalue weighted by Crippen LogP contribution is 2.36. The molecule has 172 valence electrons. The number of hydrogen-bond donors (Lipinski definition) is 1. The molecule has 4 rings (SSSR count). The van der Waals surface area contributed by atoms with Gasteiger partial charge < -0.3 is 14.6 Å². The Balaban J connectivity index is 1.49. The highest BCUT2D eigenvalue weighted by molar-refractivity contribution is 7.92. The summed E-state index contributed by atoms with van der Waals surface area (Å²) >= 11 is 0. The van der Waals surface area contributed by atoms with Gasteiger partial charge in [0.25, 0.3) is 15.9 Å². The third kappa shape index (κ3) is 4.63. The lowest BCUT2D eigenvalue weighted by Gasteiger charge is -2.25. The highest BCUT2D eigenvalue weighted by atomic mass is 32.2. The molecule has 33 heavy (non-hydrogen) atoms. The van der Waals surface area contributed by atoms with Gasteiger partial charge in [-0.05, 0) is 55.3 Å². The fourth-order valence-corrected chi connectivity index (χ4v) is 5.71. The van der Waals surface area contributed by atoms with Crippen molar-refractivity contribution in [2.45, 2.75) is 30.8 Å². The number of furan rings is 1. The van der Waals surface area contributed by atoms with Crippen molar-refractivity contribution >= 4 is 27.5 Å². The van der Waals surface area contributed by atoms with Crippen molar-refractivity contribution in [3.05, 3.63) is 83.8 Å². The normalized spacial score (nSPS) is 15.2. The summed E-state index contributed by atoms with van der Waals surface area (Å²) in [5.41, 5.74) is 1.82. The fraction of sp³-hybridized carbons (Fsp3) is 0.250. The largest absolute Gasteiger partial charge is 0.467 e. The Morgan fingerprint density at radius 1 is 1.12 bits per heavy atom. The summed E-state index contributed by atoms with van der Waals surface area (Å²) in [5, 5.41) is 2.68. The standard InChI is InChI=1S/C24H25N3O5S/c1-17-13-18-7-3-4-11-22(18)27(17)33(30,31)21-10-5-8-19(14-21)24(29)26(2)16-23(28)25-15-20-9-6-12-32-20/h3-12,14,17H,13,15-16H2,1-2H3,(H,25,28)/t17-/m0/s1. The Morgan fingerprint density at radius 2 is 1.91 bits per heavy atom. The minimum Gasteiger partial charge on any atom is -0.467 e.